The minimum absolute atomic E-state index is 0.0263. The molecule has 3 aromatic carbocycles. The largest absolute Gasteiger partial charge is 0.416 e. The molecule has 1 unspecified atom stereocenters. The van der Waals surface area contributed by atoms with Crippen molar-refractivity contribution in [2.24, 2.45) is 0 Å². The predicted octanol–water partition coefficient (Wildman–Crippen LogP) is 5.01. The van der Waals surface area contributed by atoms with E-state index < -0.39 is 39.6 Å². The molecule has 1 aliphatic heterocycles. The van der Waals surface area contributed by atoms with Crippen LogP contribution in [0.1, 0.15) is 33.1 Å². The van der Waals surface area contributed by atoms with E-state index in [-0.39, 0.29) is 4.90 Å². The average Bonchev–Trinajstić information content (AvgIpc) is 3.50. The Bertz CT molecular complexity index is 1210. The molecule has 0 radical (unpaired) electrons. The number of nitrogens with zero attached hydrogens (tertiary/aromatic N) is 1. The van der Waals surface area contributed by atoms with Crippen molar-refractivity contribution in [3.63, 3.8) is 0 Å². The van der Waals surface area contributed by atoms with Crippen LogP contribution in [-0.2, 0) is 16.2 Å². The van der Waals surface area contributed by atoms with Crippen LogP contribution in [0.25, 0.3) is 0 Å². The number of halogens is 3. The molecule has 0 amide bonds. The summed E-state index contributed by atoms with van der Waals surface area (Å²) in [7, 11) is -4.03. The third-order valence-electron chi connectivity index (χ3n) is 5.26. The summed E-state index contributed by atoms with van der Waals surface area (Å²) in [5.41, 5.74) is 0.709. The van der Waals surface area contributed by atoms with Crippen molar-refractivity contribution in [1.29, 1.82) is 0 Å². The zero-order valence-corrected chi connectivity index (χ0v) is 17.2. The number of rotatable bonds is 5. The zero-order chi connectivity index (χ0) is 22.4. The molecular formula is C23H18F3NO3S. The Morgan fingerprint density at radius 1 is 0.871 bits per heavy atom. The molecule has 1 aliphatic rings. The van der Waals surface area contributed by atoms with Gasteiger partial charge < -0.3 is 0 Å². The summed E-state index contributed by atoms with van der Waals surface area (Å²) in [5, 5.41) is 0. The van der Waals surface area contributed by atoms with Gasteiger partial charge in [0.05, 0.1) is 16.5 Å². The molecule has 160 valence electrons. The highest BCUT2D eigenvalue weighted by atomic mass is 32.2. The fourth-order valence-electron chi connectivity index (χ4n) is 3.57. The third-order valence-corrected chi connectivity index (χ3v) is 7.14. The molecule has 3 atom stereocenters. The Hall–Kier alpha value is -2.97. The molecule has 8 heteroatoms. The number of benzene rings is 3. The summed E-state index contributed by atoms with van der Waals surface area (Å²) in [4.78, 5) is 13.1. The van der Waals surface area contributed by atoms with Gasteiger partial charge in [-0.2, -0.15) is 17.5 Å². The van der Waals surface area contributed by atoms with Gasteiger partial charge in [0.2, 0.25) is 10.0 Å². The zero-order valence-electron chi connectivity index (χ0n) is 16.4. The number of carbonyl (C=O) groups is 1. The third kappa shape index (κ3) is 4.00. The van der Waals surface area contributed by atoms with E-state index in [0.29, 0.717) is 11.1 Å². The van der Waals surface area contributed by atoms with E-state index in [0.717, 1.165) is 22.0 Å². The molecule has 0 bridgehead atoms. The number of hydrogen-bond acceptors (Lipinski definition) is 3. The van der Waals surface area contributed by atoms with E-state index in [4.69, 9.17) is 0 Å². The molecule has 0 saturated carbocycles. The normalized spacial score (nSPS) is 21.0. The van der Waals surface area contributed by atoms with Crippen LogP contribution in [0.3, 0.4) is 0 Å². The quantitative estimate of drug-likeness (QED) is 0.410. The number of hydrogen-bond donors (Lipinski definition) is 0. The van der Waals surface area contributed by atoms with Crippen LogP contribution in [0.4, 0.5) is 13.2 Å². The standard InChI is InChI=1S/C23H18F3NO3S/c1-15-7-13-19(14-8-15)31(29,30)27-20(16-9-11-18(12-10-16)23(24,25)26)21(27)22(28)17-5-3-2-4-6-17/h2-14,20-21H,1H3/t20-,21+,27?/m0/s1. The SMILES string of the molecule is Cc1ccc(S(=O)(=O)N2[C@@H](C(=O)c3ccccc3)[C@@H]2c2ccc(C(F)(F)F)cc2)cc1. The molecule has 0 aromatic heterocycles. The topological polar surface area (TPSA) is 54.2 Å². The van der Waals surface area contributed by atoms with Crippen molar-refractivity contribution in [3.8, 4) is 0 Å². The summed E-state index contributed by atoms with van der Waals surface area (Å²) in [5.74, 6) is -0.402. The van der Waals surface area contributed by atoms with Crippen LogP contribution in [0.15, 0.2) is 83.8 Å². The lowest BCUT2D eigenvalue weighted by molar-refractivity contribution is -0.137. The maximum absolute atomic E-state index is 13.3. The van der Waals surface area contributed by atoms with Crippen LogP contribution in [0.5, 0.6) is 0 Å². The molecule has 4 nitrogen and oxygen atoms in total. The first kappa shape index (κ1) is 21.3. The molecule has 31 heavy (non-hydrogen) atoms. The van der Waals surface area contributed by atoms with Crippen LogP contribution in [-0.4, -0.2) is 24.5 Å². The van der Waals surface area contributed by atoms with Crippen molar-refractivity contribution in [2.45, 2.75) is 30.1 Å². The molecule has 1 fully saturated rings. The molecular weight excluding hydrogens is 427 g/mol. The van der Waals surface area contributed by atoms with E-state index in [9.17, 15) is 26.4 Å². The first-order valence-electron chi connectivity index (χ1n) is 9.47. The van der Waals surface area contributed by atoms with Gasteiger partial charge in [0, 0.05) is 5.56 Å². The fourth-order valence-corrected chi connectivity index (χ4v) is 5.29. The van der Waals surface area contributed by atoms with Crippen molar-refractivity contribution in [3.05, 3.63) is 101 Å². The van der Waals surface area contributed by atoms with Gasteiger partial charge in [0.25, 0.3) is 0 Å². The van der Waals surface area contributed by atoms with Gasteiger partial charge in [-0.3, -0.25) is 4.79 Å². The van der Waals surface area contributed by atoms with Gasteiger partial charge in [-0.1, -0.05) is 60.2 Å². The second-order valence-electron chi connectivity index (χ2n) is 7.39. The van der Waals surface area contributed by atoms with Crippen molar-refractivity contribution in [1.82, 2.24) is 4.31 Å². The predicted molar refractivity (Wildman–Crippen MR) is 109 cm³/mol. The Morgan fingerprint density at radius 2 is 1.45 bits per heavy atom. The lowest BCUT2D eigenvalue weighted by Crippen LogP contribution is -2.19. The lowest BCUT2D eigenvalue weighted by atomic mass is 10.0. The minimum Gasteiger partial charge on any atom is -0.292 e. The van der Waals surface area contributed by atoms with E-state index in [2.05, 4.69) is 0 Å². The van der Waals surface area contributed by atoms with Gasteiger partial charge in [-0.15, -0.1) is 0 Å². The van der Waals surface area contributed by atoms with E-state index in [1.54, 1.807) is 42.5 Å². The Balaban J connectivity index is 1.74. The Morgan fingerprint density at radius 3 is 2.00 bits per heavy atom. The second-order valence-corrected chi connectivity index (χ2v) is 9.23. The first-order chi connectivity index (χ1) is 14.6. The summed E-state index contributed by atoms with van der Waals surface area (Å²) in [6, 6.07) is 16.8. The Kier molecular flexibility index (Phi) is 5.23. The Labute approximate surface area is 178 Å². The number of sulfonamides is 1. The molecule has 4 rings (SSSR count). The van der Waals surface area contributed by atoms with Crippen molar-refractivity contribution in [2.75, 3.05) is 0 Å². The average molecular weight is 445 g/mol. The van der Waals surface area contributed by atoms with Gasteiger partial charge in [0.1, 0.15) is 6.04 Å². The molecule has 1 heterocycles. The summed E-state index contributed by atoms with van der Waals surface area (Å²) in [6.45, 7) is 1.82. The fraction of sp³-hybridized carbons (Fsp3) is 0.174. The van der Waals surface area contributed by atoms with Crippen LogP contribution in [0.2, 0.25) is 0 Å². The minimum atomic E-state index is -4.50. The highest BCUT2D eigenvalue weighted by Crippen LogP contribution is 2.49. The van der Waals surface area contributed by atoms with Gasteiger partial charge in [-0.25, -0.2) is 8.42 Å². The molecule has 0 aliphatic carbocycles. The number of carbonyl (C=O) groups excluding carboxylic acids is 1. The molecule has 0 spiro atoms. The van der Waals surface area contributed by atoms with E-state index in [1.165, 1.54) is 24.3 Å². The number of alkyl halides is 3. The maximum atomic E-state index is 13.3. The summed E-state index contributed by atoms with van der Waals surface area (Å²) >= 11 is 0. The first-order valence-corrected chi connectivity index (χ1v) is 10.9. The van der Waals surface area contributed by atoms with Crippen LogP contribution < -0.4 is 0 Å². The second kappa shape index (κ2) is 7.62. The maximum Gasteiger partial charge on any atom is 0.416 e. The number of aryl methyl sites for hydroxylation is 1. The smallest absolute Gasteiger partial charge is 0.292 e. The van der Waals surface area contributed by atoms with Gasteiger partial charge in [-0.05, 0) is 36.8 Å². The number of Topliss-reactive ketones (excluding diaryl/α,β-unsaturated/α-hetero) is 1. The van der Waals surface area contributed by atoms with Crippen LogP contribution in [0, 0.1) is 6.92 Å². The van der Waals surface area contributed by atoms with Crippen molar-refractivity contribution < 1.29 is 26.4 Å². The van der Waals surface area contributed by atoms with E-state index >= 15 is 0 Å². The summed E-state index contributed by atoms with van der Waals surface area (Å²) in [6.07, 6.45) is -4.50. The van der Waals surface area contributed by atoms with Gasteiger partial charge in [0.15, 0.2) is 5.78 Å². The highest BCUT2D eigenvalue weighted by molar-refractivity contribution is 7.89. The summed E-state index contributed by atoms with van der Waals surface area (Å²) < 4.78 is 66.3. The molecule has 3 aromatic rings. The molecule has 1 saturated heterocycles. The number of ketones is 1. The lowest BCUT2D eigenvalue weighted by Gasteiger charge is -2.09. The highest BCUT2D eigenvalue weighted by Gasteiger charge is 2.60. The molecule has 0 N–H and O–H groups in total. The van der Waals surface area contributed by atoms with E-state index in [1.807, 2.05) is 6.92 Å². The van der Waals surface area contributed by atoms with Crippen molar-refractivity contribution >= 4 is 15.8 Å². The van der Waals surface area contributed by atoms with Crippen LogP contribution >= 0.6 is 0 Å². The van der Waals surface area contributed by atoms with Gasteiger partial charge >= 0.3 is 6.18 Å². The monoisotopic (exact) mass is 445 g/mol.